The van der Waals surface area contributed by atoms with Gasteiger partial charge in [-0.15, -0.1) is 0 Å². The van der Waals surface area contributed by atoms with Crippen LogP contribution >= 0.6 is 0 Å². The maximum atomic E-state index is 5.87. The Morgan fingerprint density at radius 3 is 2.48 bits per heavy atom. The molecule has 1 aliphatic rings. The predicted molar refractivity (Wildman–Crippen MR) is 86.6 cm³/mol. The van der Waals surface area contributed by atoms with Gasteiger partial charge in [-0.2, -0.15) is 0 Å². The van der Waals surface area contributed by atoms with Gasteiger partial charge in [0, 0.05) is 13.1 Å². The highest BCUT2D eigenvalue weighted by atomic mass is 16.5. The molecule has 0 unspecified atom stereocenters. The Balaban J connectivity index is 1.56. The van der Waals surface area contributed by atoms with E-state index in [1.165, 1.54) is 24.8 Å². The second-order valence-electron chi connectivity index (χ2n) is 6.02. The number of hydrogen-bond donors (Lipinski definition) is 1. The Labute approximate surface area is 127 Å². The first-order valence-corrected chi connectivity index (χ1v) is 7.82. The quantitative estimate of drug-likeness (QED) is 0.790. The van der Waals surface area contributed by atoms with Gasteiger partial charge in [-0.1, -0.05) is 37.3 Å². The third-order valence-corrected chi connectivity index (χ3v) is 4.41. The minimum absolute atomic E-state index is 0.595. The van der Waals surface area contributed by atoms with Gasteiger partial charge in [0.2, 0.25) is 0 Å². The van der Waals surface area contributed by atoms with Crippen molar-refractivity contribution < 1.29 is 4.74 Å². The van der Waals surface area contributed by atoms with Crippen LogP contribution in [-0.2, 0) is 6.54 Å². The minimum atomic E-state index is 0.595. The summed E-state index contributed by atoms with van der Waals surface area (Å²) in [5.74, 6) is 1.78. The van der Waals surface area contributed by atoms with Gasteiger partial charge in [-0.05, 0) is 54.5 Å². The summed E-state index contributed by atoms with van der Waals surface area (Å²) in [7, 11) is 0. The van der Waals surface area contributed by atoms with Crippen LogP contribution in [0, 0.1) is 5.41 Å². The molecule has 110 valence electrons. The van der Waals surface area contributed by atoms with E-state index in [9.17, 15) is 0 Å². The molecule has 0 heterocycles. The fraction of sp³-hybridized carbons (Fsp3) is 0.368. The van der Waals surface area contributed by atoms with E-state index in [0.717, 1.165) is 24.6 Å². The Morgan fingerprint density at radius 1 is 1.00 bits per heavy atom. The normalized spacial score (nSPS) is 15.7. The molecule has 0 radical (unpaired) electrons. The Kier molecular flexibility index (Phi) is 4.26. The molecular weight excluding hydrogens is 258 g/mol. The first-order chi connectivity index (χ1) is 10.3. The largest absolute Gasteiger partial charge is 0.457 e. The lowest BCUT2D eigenvalue weighted by molar-refractivity contribution is 0.442. The molecule has 0 saturated heterocycles. The summed E-state index contributed by atoms with van der Waals surface area (Å²) in [6.07, 6.45) is 4.05. The molecule has 2 aromatic carbocycles. The van der Waals surface area contributed by atoms with Gasteiger partial charge in [-0.3, -0.25) is 0 Å². The van der Waals surface area contributed by atoms with Crippen LogP contribution in [-0.4, -0.2) is 6.54 Å². The summed E-state index contributed by atoms with van der Waals surface area (Å²) >= 11 is 0. The van der Waals surface area contributed by atoms with Crippen molar-refractivity contribution in [2.75, 3.05) is 6.54 Å². The van der Waals surface area contributed by atoms with Crippen LogP contribution in [0.4, 0.5) is 0 Å². The number of nitrogens with one attached hydrogen (secondary N) is 1. The van der Waals surface area contributed by atoms with Crippen LogP contribution in [0.15, 0.2) is 54.6 Å². The van der Waals surface area contributed by atoms with Crippen LogP contribution < -0.4 is 10.1 Å². The fourth-order valence-corrected chi connectivity index (χ4v) is 2.65. The molecule has 0 spiro atoms. The Hall–Kier alpha value is -1.80. The molecule has 1 N–H and O–H groups in total. The average Bonchev–Trinajstić information content (AvgIpc) is 3.29. The van der Waals surface area contributed by atoms with Gasteiger partial charge in [-0.25, -0.2) is 0 Å². The van der Waals surface area contributed by atoms with E-state index in [1.807, 2.05) is 36.4 Å². The predicted octanol–water partition coefficient (Wildman–Crippen LogP) is 4.76. The highest BCUT2D eigenvalue weighted by Gasteiger charge is 2.39. The molecule has 1 saturated carbocycles. The van der Waals surface area contributed by atoms with Crippen LogP contribution in [0.25, 0.3) is 0 Å². The second-order valence-corrected chi connectivity index (χ2v) is 6.02. The SMILES string of the molecule is CCC1(CNCc2cccc(Oc3ccccc3)c2)CC1. The lowest BCUT2D eigenvalue weighted by atomic mass is 10.0. The van der Waals surface area contributed by atoms with Crippen molar-refractivity contribution in [2.45, 2.75) is 32.7 Å². The van der Waals surface area contributed by atoms with E-state index < -0.39 is 0 Å². The molecule has 2 nitrogen and oxygen atoms in total. The van der Waals surface area contributed by atoms with Gasteiger partial charge in [0.05, 0.1) is 0 Å². The molecule has 0 amide bonds. The van der Waals surface area contributed by atoms with E-state index in [0.29, 0.717) is 5.41 Å². The zero-order valence-corrected chi connectivity index (χ0v) is 12.6. The first-order valence-electron chi connectivity index (χ1n) is 7.82. The average molecular weight is 281 g/mol. The molecule has 1 fully saturated rings. The Morgan fingerprint density at radius 2 is 1.76 bits per heavy atom. The summed E-state index contributed by atoms with van der Waals surface area (Å²) < 4.78 is 5.87. The lowest BCUT2D eigenvalue weighted by Gasteiger charge is -2.14. The van der Waals surface area contributed by atoms with Crippen LogP contribution in [0.5, 0.6) is 11.5 Å². The molecule has 2 aromatic rings. The molecule has 0 bridgehead atoms. The molecule has 21 heavy (non-hydrogen) atoms. The molecule has 0 aliphatic heterocycles. The van der Waals surface area contributed by atoms with E-state index in [1.54, 1.807) is 0 Å². The summed E-state index contributed by atoms with van der Waals surface area (Å²) in [4.78, 5) is 0. The van der Waals surface area contributed by atoms with Crippen molar-refractivity contribution in [2.24, 2.45) is 5.41 Å². The Bertz CT molecular complexity index is 575. The lowest BCUT2D eigenvalue weighted by Crippen LogP contribution is -2.23. The van der Waals surface area contributed by atoms with Gasteiger partial charge >= 0.3 is 0 Å². The van der Waals surface area contributed by atoms with E-state index in [2.05, 4.69) is 30.4 Å². The van der Waals surface area contributed by atoms with Crippen LogP contribution in [0.2, 0.25) is 0 Å². The van der Waals surface area contributed by atoms with Crippen LogP contribution in [0.1, 0.15) is 31.7 Å². The third kappa shape index (κ3) is 3.85. The third-order valence-electron chi connectivity index (χ3n) is 4.41. The van der Waals surface area contributed by atoms with Crippen molar-refractivity contribution in [3.05, 3.63) is 60.2 Å². The number of ether oxygens (including phenoxy) is 1. The molecule has 0 aromatic heterocycles. The summed E-state index contributed by atoms with van der Waals surface area (Å²) in [5.41, 5.74) is 1.87. The smallest absolute Gasteiger partial charge is 0.127 e. The standard InChI is InChI=1S/C19H23NO/c1-2-19(11-12-19)15-20-14-16-7-6-10-18(13-16)21-17-8-4-3-5-9-17/h3-10,13,20H,2,11-12,14-15H2,1H3. The maximum Gasteiger partial charge on any atom is 0.127 e. The number of rotatable bonds is 7. The topological polar surface area (TPSA) is 21.3 Å². The minimum Gasteiger partial charge on any atom is -0.457 e. The number of benzene rings is 2. The van der Waals surface area contributed by atoms with E-state index >= 15 is 0 Å². The van der Waals surface area contributed by atoms with Crippen LogP contribution in [0.3, 0.4) is 0 Å². The highest BCUT2D eigenvalue weighted by Crippen LogP contribution is 2.47. The van der Waals surface area contributed by atoms with Gasteiger partial charge in [0.15, 0.2) is 0 Å². The summed E-state index contributed by atoms with van der Waals surface area (Å²) in [6, 6.07) is 18.2. The monoisotopic (exact) mass is 281 g/mol. The van der Waals surface area contributed by atoms with E-state index in [-0.39, 0.29) is 0 Å². The van der Waals surface area contributed by atoms with Crippen molar-refractivity contribution >= 4 is 0 Å². The second kappa shape index (κ2) is 6.31. The zero-order valence-electron chi connectivity index (χ0n) is 12.6. The molecule has 3 rings (SSSR count). The number of hydrogen-bond acceptors (Lipinski definition) is 2. The molecule has 2 heteroatoms. The summed E-state index contributed by atoms with van der Waals surface area (Å²) in [6.45, 7) is 4.34. The highest BCUT2D eigenvalue weighted by molar-refractivity contribution is 5.33. The van der Waals surface area contributed by atoms with Gasteiger partial charge < -0.3 is 10.1 Å². The molecular formula is C19H23NO. The zero-order chi connectivity index (χ0) is 14.5. The van der Waals surface area contributed by atoms with Crippen molar-refractivity contribution in [1.82, 2.24) is 5.32 Å². The van der Waals surface area contributed by atoms with Crippen molar-refractivity contribution in [3.8, 4) is 11.5 Å². The maximum absolute atomic E-state index is 5.87. The van der Waals surface area contributed by atoms with Crippen molar-refractivity contribution in [3.63, 3.8) is 0 Å². The fourth-order valence-electron chi connectivity index (χ4n) is 2.65. The molecule has 0 atom stereocenters. The number of para-hydroxylation sites is 1. The van der Waals surface area contributed by atoms with E-state index in [4.69, 9.17) is 4.74 Å². The summed E-state index contributed by atoms with van der Waals surface area (Å²) in [5, 5.41) is 3.59. The van der Waals surface area contributed by atoms with Gasteiger partial charge in [0.1, 0.15) is 11.5 Å². The van der Waals surface area contributed by atoms with Gasteiger partial charge in [0.25, 0.3) is 0 Å². The van der Waals surface area contributed by atoms with Crippen molar-refractivity contribution in [1.29, 1.82) is 0 Å². The first kappa shape index (κ1) is 14.2. The molecule has 1 aliphatic carbocycles.